The quantitative estimate of drug-likeness (QED) is 0.692. The lowest BCUT2D eigenvalue weighted by molar-refractivity contribution is -0.114. The summed E-state index contributed by atoms with van der Waals surface area (Å²) in [6.07, 6.45) is 3.47. The number of carbonyl (C=O) groups is 1. The Morgan fingerprint density at radius 2 is 2.08 bits per heavy atom. The van der Waals surface area contributed by atoms with Crippen molar-refractivity contribution in [2.24, 2.45) is 0 Å². The average Bonchev–Trinajstić information content (AvgIpc) is 3.14. The van der Waals surface area contributed by atoms with Crippen molar-refractivity contribution in [3.63, 3.8) is 0 Å². The van der Waals surface area contributed by atoms with Crippen molar-refractivity contribution >= 4 is 40.5 Å². The van der Waals surface area contributed by atoms with Gasteiger partial charge in [0.15, 0.2) is 0 Å². The Morgan fingerprint density at radius 3 is 2.77 bits per heavy atom. The van der Waals surface area contributed by atoms with E-state index < -0.39 is 0 Å². The van der Waals surface area contributed by atoms with E-state index in [-0.39, 0.29) is 17.5 Å². The Bertz CT molecular complexity index is 980. The first-order valence-electron chi connectivity index (χ1n) is 7.60. The second-order valence-electron chi connectivity index (χ2n) is 5.32. The van der Waals surface area contributed by atoms with E-state index >= 15 is 0 Å². The van der Waals surface area contributed by atoms with Crippen LogP contribution in [0, 0.1) is 11.3 Å². The van der Waals surface area contributed by atoms with Crippen LogP contribution >= 0.6 is 23.2 Å². The summed E-state index contributed by atoms with van der Waals surface area (Å²) in [5.41, 5.74) is 2.31. The molecule has 0 fully saturated rings. The minimum absolute atomic E-state index is 0.0201. The van der Waals surface area contributed by atoms with Gasteiger partial charge in [0.2, 0.25) is 5.91 Å². The van der Waals surface area contributed by atoms with Crippen molar-refractivity contribution in [1.82, 2.24) is 9.78 Å². The highest BCUT2D eigenvalue weighted by atomic mass is 35.5. The van der Waals surface area contributed by atoms with Crippen molar-refractivity contribution in [2.45, 2.75) is 0 Å². The van der Waals surface area contributed by atoms with E-state index in [4.69, 9.17) is 28.5 Å². The van der Waals surface area contributed by atoms with Crippen LogP contribution in [0.2, 0.25) is 10.0 Å². The molecule has 0 bridgehead atoms. The molecule has 0 aliphatic heterocycles. The van der Waals surface area contributed by atoms with Gasteiger partial charge in [-0.3, -0.25) is 4.79 Å². The van der Waals surface area contributed by atoms with E-state index in [1.165, 1.54) is 6.07 Å². The molecule has 26 heavy (non-hydrogen) atoms. The van der Waals surface area contributed by atoms with Crippen LogP contribution in [0.1, 0.15) is 5.56 Å². The molecule has 2 aromatic carbocycles. The molecule has 1 amide bonds. The summed E-state index contributed by atoms with van der Waals surface area (Å²) >= 11 is 12.0. The van der Waals surface area contributed by atoms with E-state index in [0.29, 0.717) is 22.0 Å². The number of hydrogen-bond donors (Lipinski definition) is 2. The van der Waals surface area contributed by atoms with Crippen LogP contribution in [0.25, 0.3) is 5.69 Å². The summed E-state index contributed by atoms with van der Waals surface area (Å²) in [4.78, 5) is 12.2. The van der Waals surface area contributed by atoms with Gasteiger partial charge in [-0.15, -0.1) is 0 Å². The number of rotatable bonds is 5. The van der Waals surface area contributed by atoms with Crippen LogP contribution in [-0.2, 0) is 4.79 Å². The highest BCUT2D eigenvalue weighted by Gasteiger charge is 2.09. The molecular formula is C18H13Cl2N5O. The monoisotopic (exact) mass is 385 g/mol. The number of amides is 1. The number of nitrogens with one attached hydrogen (secondary N) is 2. The third-order valence-corrected chi connectivity index (χ3v) is 4.07. The number of halogens is 2. The van der Waals surface area contributed by atoms with Crippen LogP contribution in [-0.4, -0.2) is 22.2 Å². The van der Waals surface area contributed by atoms with Crippen LogP contribution in [0.3, 0.4) is 0 Å². The molecule has 2 N–H and O–H groups in total. The SMILES string of the molecule is N#Cc1ccc(NC(=O)CNc2cc(Cl)ccc2-n2cccn2)cc1Cl. The Hall–Kier alpha value is -3.01. The molecule has 0 radical (unpaired) electrons. The zero-order valence-corrected chi connectivity index (χ0v) is 14.9. The Morgan fingerprint density at radius 1 is 1.23 bits per heavy atom. The predicted molar refractivity (Wildman–Crippen MR) is 102 cm³/mol. The Balaban J connectivity index is 1.69. The number of carbonyl (C=O) groups excluding carboxylic acids is 1. The van der Waals surface area contributed by atoms with Gasteiger partial charge < -0.3 is 10.6 Å². The van der Waals surface area contributed by atoms with Gasteiger partial charge in [0.05, 0.1) is 28.5 Å². The van der Waals surface area contributed by atoms with Crippen molar-refractivity contribution in [1.29, 1.82) is 5.26 Å². The molecule has 0 atom stereocenters. The zero-order valence-electron chi connectivity index (χ0n) is 13.4. The van der Waals surface area contributed by atoms with E-state index in [0.717, 1.165) is 5.69 Å². The van der Waals surface area contributed by atoms with Crippen molar-refractivity contribution in [2.75, 3.05) is 17.2 Å². The fourth-order valence-electron chi connectivity index (χ4n) is 2.33. The smallest absolute Gasteiger partial charge is 0.243 e. The van der Waals surface area contributed by atoms with Crippen LogP contribution in [0.15, 0.2) is 54.9 Å². The fraction of sp³-hybridized carbons (Fsp3) is 0.0556. The molecule has 8 heteroatoms. The van der Waals surface area contributed by atoms with E-state index in [9.17, 15) is 4.79 Å². The third kappa shape index (κ3) is 4.14. The van der Waals surface area contributed by atoms with Gasteiger partial charge in [0.1, 0.15) is 6.07 Å². The number of nitrogens with zero attached hydrogens (tertiary/aromatic N) is 3. The maximum absolute atomic E-state index is 12.2. The molecular weight excluding hydrogens is 373 g/mol. The minimum atomic E-state index is -0.267. The highest BCUT2D eigenvalue weighted by Crippen LogP contribution is 2.24. The largest absolute Gasteiger partial charge is 0.374 e. The lowest BCUT2D eigenvalue weighted by Crippen LogP contribution is -2.22. The first-order valence-corrected chi connectivity index (χ1v) is 8.35. The molecule has 130 valence electrons. The number of aromatic nitrogens is 2. The van der Waals surface area contributed by atoms with Gasteiger partial charge in [-0.05, 0) is 42.5 Å². The maximum atomic E-state index is 12.2. The minimum Gasteiger partial charge on any atom is -0.374 e. The van der Waals surface area contributed by atoms with Crippen LogP contribution in [0.5, 0.6) is 0 Å². The molecule has 1 heterocycles. The Labute approximate surface area is 160 Å². The van der Waals surface area contributed by atoms with Crippen molar-refractivity contribution < 1.29 is 4.79 Å². The summed E-state index contributed by atoms with van der Waals surface area (Å²) in [7, 11) is 0. The second kappa shape index (κ2) is 7.91. The molecule has 3 rings (SSSR count). The van der Waals surface area contributed by atoms with E-state index in [1.54, 1.807) is 47.4 Å². The van der Waals surface area contributed by atoms with Crippen LogP contribution < -0.4 is 10.6 Å². The van der Waals surface area contributed by atoms with E-state index in [2.05, 4.69) is 15.7 Å². The Kier molecular flexibility index (Phi) is 5.42. The van der Waals surface area contributed by atoms with Gasteiger partial charge >= 0.3 is 0 Å². The summed E-state index contributed by atoms with van der Waals surface area (Å²) in [6, 6.07) is 13.8. The predicted octanol–water partition coefficient (Wildman–Crippen LogP) is 4.10. The number of nitriles is 1. The summed E-state index contributed by atoms with van der Waals surface area (Å²) in [5.74, 6) is -0.267. The molecule has 0 aliphatic carbocycles. The summed E-state index contributed by atoms with van der Waals surface area (Å²) in [6.45, 7) is 0.0201. The van der Waals surface area contributed by atoms with Crippen molar-refractivity contribution in [3.05, 3.63) is 70.5 Å². The topological polar surface area (TPSA) is 82.7 Å². The third-order valence-electron chi connectivity index (χ3n) is 3.52. The zero-order chi connectivity index (χ0) is 18.5. The van der Waals surface area contributed by atoms with Gasteiger partial charge in [-0.1, -0.05) is 23.2 Å². The number of anilines is 2. The van der Waals surface area contributed by atoms with Crippen LogP contribution in [0.4, 0.5) is 11.4 Å². The number of hydrogen-bond acceptors (Lipinski definition) is 4. The lowest BCUT2D eigenvalue weighted by Gasteiger charge is -2.13. The molecule has 0 unspecified atom stereocenters. The average molecular weight is 386 g/mol. The number of benzene rings is 2. The lowest BCUT2D eigenvalue weighted by atomic mass is 10.2. The van der Waals surface area contributed by atoms with Crippen molar-refractivity contribution in [3.8, 4) is 11.8 Å². The first-order chi connectivity index (χ1) is 12.6. The van der Waals surface area contributed by atoms with Gasteiger partial charge in [0.25, 0.3) is 0 Å². The highest BCUT2D eigenvalue weighted by molar-refractivity contribution is 6.32. The molecule has 6 nitrogen and oxygen atoms in total. The summed E-state index contributed by atoms with van der Waals surface area (Å²) < 4.78 is 1.68. The maximum Gasteiger partial charge on any atom is 0.243 e. The molecule has 3 aromatic rings. The van der Waals surface area contributed by atoms with Gasteiger partial charge in [-0.2, -0.15) is 10.4 Å². The molecule has 0 aliphatic rings. The van der Waals surface area contributed by atoms with Gasteiger partial charge in [-0.25, -0.2) is 4.68 Å². The normalized spacial score (nSPS) is 10.2. The fourth-order valence-corrected chi connectivity index (χ4v) is 2.72. The summed E-state index contributed by atoms with van der Waals surface area (Å²) in [5, 5.41) is 19.7. The van der Waals surface area contributed by atoms with Gasteiger partial charge in [0, 0.05) is 23.1 Å². The molecule has 0 saturated heterocycles. The molecule has 1 aromatic heterocycles. The standard InChI is InChI=1S/C18H13Cl2N5O/c19-13-3-5-17(25-7-1-6-23-25)16(8-13)22-11-18(26)24-14-4-2-12(10-21)15(20)9-14/h1-9,22H,11H2,(H,24,26). The second-order valence-corrected chi connectivity index (χ2v) is 6.16. The molecule has 0 saturated carbocycles. The molecule has 0 spiro atoms. The first kappa shape index (κ1) is 17.8. The van der Waals surface area contributed by atoms with E-state index in [1.807, 2.05) is 12.1 Å².